The average molecular weight is 729 g/mol. The van der Waals surface area contributed by atoms with Crippen molar-refractivity contribution in [3.8, 4) is 28.7 Å². The smallest absolute Gasteiger partial charge is 0.283 e. The number of halogens is 6. The van der Waals surface area contributed by atoms with E-state index in [1.165, 1.54) is 91.0 Å². The lowest BCUT2D eigenvalue weighted by molar-refractivity contribution is 0.382. The highest BCUT2D eigenvalue weighted by atomic mass is 35.7. The van der Waals surface area contributed by atoms with Crippen molar-refractivity contribution >= 4 is 34.4 Å². The van der Waals surface area contributed by atoms with Crippen molar-refractivity contribution in [2.75, 3.05) is 0 Å². The van der Waals surface area contributed by atoms with Gasteiger partial charge >= 0.3 is 23.2 Å². The Labute approximate surface area is 272 Å². The van der Waals surface area contributed by atoms with Crippen molar-refractivity contribution in [2.24, 2.45) is 0 Å². The van der Waals surface area contributed by atoms with Crippen molar-refractivity contribution in [1.82, 2.24) is 14.6 Å². The van der Waals surface area contributed by atoms with Crippen LogP contribution in [0.1, 0.15) is 0 Å². The van der Waals surface area contributed by atoms with Crippen LogP contribution in [-0.4, -0.2) is 0 Å². The van der Waals surface area contributed by atoms with Crippen LogP contribution in [0.5, 0.6) is 28.7 Å². The number of hydrogen-bond donors (Lipinski definition) is 3. The van der Waals surface area contributed by atoms with Crippen LogP contribution in [0.25, 0.3) is 0 Å². The van der Waals surface area contributed by atoms with E-state index < -0.39 is 75.3 Å². The Morgan fingerprint density at radius 3 is 0.851 bits per heavy atom. The monoisotopic (exact) mass is 728 g/mol. The first-order valence-corrected chi connectivity index (χ1v) is 19.4. The van der Waals surface area contributed by atoms with Crippen molar-refractivity contribution in [2.45, 2.75) is 0 Å². The highest BCUT2D eigenvalue weighted by molar-refractivity contribution is 8.05. The van der Waals surface area contributed by atoms with Crippen molar-refractivity contribution in [1.29, 1.82) is 0 Å². The lowest BCUT2D eigenvalue weighted by atomic mass is 10.3. The van der Waals surface area contributed by atoms with Gasteiger partial charge in [-0.2, -0.15) is 0 Å². The van der Waals surface area contributed by atoms with Crippen LogP contribution >= 0.6 is 34.4 Å². The summed E-state index contributed by atoms with van der Waals surface area (Å²) in [7, 11) is -13.0. The molecule has 242 valence electrons. The van der Waals surface area contributed by atoms with Gasteiger partial charge in [0.15, 0.2) is 40.3 Å². The molecule has 0 aliphatic carbocycles. The predicted molar refractivity (Wildman–Crippen MR) is 171 cm³/mol. The summed E-state index contributed by atoms with van der Waals surface area (Å²) in [5.74, 6) is -6.33. The Bertz CT molecular complexity index is 1700. The minimum absolute atomic E-state index is 0.373. The van der Waals surface area contributed by atoms with Crippen LogP contribution in [0.3, 0.4) is 0 Å². The molecule has 0 saturated carbocycles. The Morgan fingerprint density at radius 2 is 0.596 bits per heavy atom. The molecule has 3 N–H and O–H groups in total. The molecule has 0 bridgehead atoms. The minimum Gasteiger partial charge on any atom is -0.283 e. The molecule has 0 spiro atoms. The predicted octanol–water partition coefficient (Wildman–Crippen LogP) is 10.1. The van der Waals surface area contributed by atoms with E-state index in [0.29, 0.717) is 0 Å². The Balaban J connectivity index is 1.57. The molecule has 0 radical (unpaired) electrons. The highest BCUT2D eigenvalue weighted by Gasteiger charge is 2.83. The fraction of sp³-hybridized carbons (Fsp3) is 0. The molecule has 5 aromatic rings. The molecule has 0 aromatic heterocycles. The molecule has 5 aromatic carbocycles. The summed E-state index contributed by atoms with van der Waals surface area (Å²) in [5.41, 5.74) is 0. The van der Waals surface area contributed by atoms with Crippen LogP contribution in [0.4, 0.5) is 22.0 Å². The van der Waals surface area contributed by atoms with Gasteiger partial charge in [0, 0.05) is 0 Å². The molecule has 1 heterocycles. The molecule has 1 aliphatic heterocycles. The maximum atomic E-state index is 15.2. The van der Waals surface area contributed by atoms with E-state index in [9.17, 15) is 4.39 Å². The van der Waals surface area contributed by atoms with Gasteiger partial charge in [-0.25, -0.2) is 22.0 Å². The van der Waals surface area contributed by atoms with Gasteiger partial charge in [-0.1, -0.05) is 60.7 Å². The zero-order valence-corrected chi connectivity index (χ0v) is 27.1. The molecule has 6 rings (SSSR count). The molecule has 17 heteroatoms. The van der Waals surface area contributed by atoms with E-state index >= 15 is 17.6 Å². The average Bonchev–Trinajstić information content (AvgIpc) is 3.03. The maximum Gasteiger partial charge on any atom is 0.599 e. The maximum absolute atomic E-state index is 15.2. The molecule has 8 nitrogen and oxygen atoms in total. The number of rotatable bonds is 10. The number of benzene rings is 5. The summed E-state index contributed by atoms with van der Waals surface area (Å²) in [5, 5.41) is 0. The molecule has 0 atom stereocenters. The lowest BCUT2D eigenvalue weighted by Crippen LogP contribution is -2.49. The first-order valence-electron chi connectivity index (χ1n) is 13.5. The van der Waals surface area contributed by atoms with Gasteiger partial charge in [-0.15, -0.1) is 0 Å². The standard InChI is InChI=1S/C30H23ClF5N3O5P3/c31-45(40-26-16-6-1-11-21(26)32)37-46(41-27-17-7-2-12-22(27)33,42-28-18-8-3-13-23(28)34)39-47(38-45,43-29-19-9-4-14-24(29)35)44-30-20-10-5-15-25(30)36/h1-20,37-39H/q+3. The summed E-state index contributed by atoms with van der Waals surface area (Å²) in [6.07, 6.45) is 0. The third-order valence-electron chi connectivity index (χ3n) is 6.10. The number of para-hydroxylation sites is 5. The third kappa shape index (κ3) is 7.69. The summed E-state index contributed by atoms with van der Waals surface area (Å²) in [4.78, 5) is 8.46. The Morgan fingerprint density at radius 1 is 0.362 bits per heavy atom. The van der Waals surface area contributed by atoms with E-state index in [1.807, 2.05) is 0 Å². The van der Waals surface area contributed by atoms with Crippen molar-refractivity contribution in [3.05, 3.63) is 150 Å². The minimum atomic E-state index is -4.41. The lowest BCUT2D eigenvalue weighted by Gasteiger charge is -2.33. The van der Waals surface area contributed by atoms with Gasteiger partial charge in [0.1, 0.15) is 4.86 Å². The van der Waals surface area contributed by atoms with Crippen molar-refractivity contribution < 1.29 is 44.6 Å². The van der Waals surface area contributed by atoms with Crippen LogP contribution < -0.4 is 37.2 Å². The van der Waals surface area contributed by atoms with E-state index in [0.717, 1.165) is 30.3 Å². The Kier molecular flexibility index (Phi) is 9.69. The first-order chi connectivity index (χ1) is 22.6. The highest BCUT2D eigenvalue weighted by Crippen LogP contribution is 2.81. The van der Waals surface area contributed by atoms with Gasteiger partial charge in [0.25, 0.3) is 0 Å². The normalized spacial score (nSPS) is 16.1. The zero-order chi connectivity index (χ0) is 33.1. The van der Waals surface area contributed by atoms with E-state index in [-0.39, 0.29) is 5.75 Å². The Hall–Kier alpha value is -3.79. The van der Waals surface area contributed by atoms with E-state index in [4.69, 9.17) is 33.9 Å². The van der Waals surface area contributed by atoms with Crippen molar-refractivity contribution in [3.63, 3.8) is 0 Å². The van der Waals surface area contributed by atoms with Crippen LogP contribution in [-0.2, 0) is 0 Å². The van der Waals surface area contributed by atoms with Crippen LogP contribution in [0, 0.1) is 29.1 Å². The summed E-state index contributed by atoms with van der Waals surface area (Å²) < 4.78 is 106. The van der Waals surface area contributed by atoms with Crippen LogP contribution in [0.15, 0.2) is 121 Å². The summed E-state index contributed by atoms with van der Waals surface area (Å²) in [6, 6.07) is 26.0. The zero-order valence-electron chi connectivity index (χ0n) is 23.7. The molecule has 47 heavy (non-hydrogen) atoms. The second kappa shape index (κ2) is 13.7. The SMILES string of the molecule is Fc1ccccc1O[P+]1(Cl)N[P+](Oc2ccccc2F)(Oc2ccccc2F)N[P+](Oc2ccccc2F)(Oc2ccccc2F)N1. The molecule has 0 amide bonds. The molecule has 0 unspecified atom stereocenters. The second-order valence-corrected chi connectivity index (χ2v) is 17.6. The molecule has 1 fully saturated rings. The quantitative estimate of drug-likeness (QED) is 0.0969. The molecule has 1 saturated heterocycles. The summed E-state index contributed by atoms with van der Waals surface area (Å²) in [6.45, 7) is 0. The fourth-order valence-electron chi connectivity index (χ4n) is 4.10. The summed E-state index contributed by atoms with van der Waals surface area (Å²) >= 11 is 7.09. The van der Waals surface area contributed by atoms with Gasteiger partial charge in [-0.3, -0.25) is 22.6 Å². The van der Waals surface area contributed by atoms with Gasteiger partial charge in [0.05, 0.1) is 9.72 Å². The largest absolute Gasteiger partial charge is 0.599 e. The van der Waals surface area contributed by atoms with E-state index in [1.54, 1.807) is 0 Å². The van der Waals surface area contributed by atoms with E-state index in [2.05, 4.69) is 14.6 Å². The first kappa shape index (κ1) is 33.1. The number of hydrogen-bond acceptors (Lipinski definition) is 8. The number of nitrogens with one attached hydrogen (secondary N) is 3. The van der Waals surface area contributed by atoms with Gasteiger partial charge < -0.3 is 0 Å². The molecule has 1 aliphatic rings. The van der Waals surface area contributed by atoms with Crippen LogP contribution in [0.2, 0.25) is 0 Å². The van der Waals surface area contributed by atoms with Gasteiger partial charge in [0.2, 0.25) is 28.7 Å². The molecular weight excluding hydrogens is 706 g/mol. The van der Waals surface area contributed by atoms with Gasteiger partial charge in [-0.05, 0) is 60.7 Å². The third-order valence-corrected chi connectivity index (χ3v) is 16.2. The topological polar surface area (TPSA) is 82.2 Å². The molecular formula is C30H23ClF5N3O5P3+3. The fourth-order valence-corrected chi connectivity index (χ4v) is 15.8. The second-order valence-electron chi connectivity index (χ2n) is 9.54.